The third-order valence-corrected chi connectivity index (χ3v) is 8.81. The largest absolute Gasteiger partial charge is 0.457 e. The van der Waals surface area contributed by atoms with Gasteiger partial charge in [-0.25, -0.2) is 0 Å². The SMILES string of the molecule is CC(=O)N[C@@H]1[C@@H](O[C@@H]2O[C@H](CO)[C@H](O[C@@H]3O[C@@H](C)[C@H](O)[C@@H](O)[C@H]3O[C@@H]3O[C@@H](C)[C@H](O)[C@@H](OC(C)=O)[C@H]3O)[C@H](O)[C@H]2O)[C@@H](O)[C@@H](CO)O[C@H]1O. The van der Waals surface area contributed by atoms with E-state index in [0.717, 1.165) is 13.8 Å². The van der Waals surface area contributed by atoms with Gasteiger partial charge < -0.3 is 94.3 Å². The van der Waals surface area contributed by atoms with E-state index in [1.807, 2.05) is 0 Å². The second kappa shape index (κ2) is 16.7. The minimum Gasteiger partial charge on any atom is -0.457 e. The average Bonchev–Trinajstić information content (AvgIpc) is 3.04. The van der Waals surface area contributed by atoms with E-state index in [9.17, 15) is 60.7 Å². The molecule has 4 fully saturated rings. The van der Waals surface area contributed by atoms with Gasteiger partial charge in [0.25, 0.3) is 0 Å². The molecule has 0 spiro atoms. The van der Waals surface area contributed by atoms with Crippen molar-refractivity contribution in [2.75, 3.05) is 13.2 Å². The molecule has 4 rings (SSSR count). The Bertz CT molecular complexity index is 1100. The van der Waals surface area contributed by atoms with E-state index >= 15 is 0 Å². The van der Waals surface area contributed by atoms with E-state index < -0.39 is 148 Å². The van der Waals surface area contributed by atoms with Crippen molar-refractivity contribution in [3.63, 3.8) is 0 Å². The lowest BCUT2D eigenvalue weighted by molar-refractivity contribution is -0.389. The van der Waals surface area contributed by atoms with Crippen molar-refractivity contribution in [2.45, 2.75) is 150 Å². The van der Waals surface area contributed by atoms with E-state index in [1.54, 1.807) is 0 Å². The zero-order valence-corrected chi connectivity index (χ0v) is 27.0. The molecule has 21 nitrogen and oxygen atoms in total. The zero-order chi connectivity index (χ0) is 36.5. The van der Waals surface area contributed by atoms with Crippen LogP contribution in [-0.2, 0) is 47.5 Å². The summed E-state index contributed by atoms with van der Waals surface area (Å²) in [5, 5.41) is 108. The molecule has 4 heterocycles. The quantitative estimate of drug-likeness (QED) is 0.0935. The number of nitrogens with one attached hydrogen (secondary N) is 1. The van der Waals surface area contributed by atoms with E-state index in [-0.39, 0.29) is 0 Å². The molecule has 0 aromatic heterocycles. The standard InChI is InChI=1S/C28H47NO20/c1-7-14(34)17(37)24(49-27-20(40)23(44-10(4)33)15(35)8(2)42-27)28(43-7)47-21-12(6-31)46-26(19(39)18(21)38)48-22-13(29-9(3)32)25(41)45-11(5-30)16(22)36/h7-8,11-28,30-31,34-41H,5-6H2,1-4H3,(H,29,32)/t7-,8-,11+,12+,13+,14-,15-,16-,17+,18+,19+,20+,21-,22+,23+,24+,25+,26-,27-,28-/m0/s1. The summed E-state index contributed by atoms with van der Waals surface area (Å²) in [7, 11) is 0. The van der Waals surface area contributed by atoms with Gasteiger partial charge in [-0.15, -0.1) is 0 Å². The Labute approximate surface area is 279 Å². The zero-order valence-electron chi connectivity index (χ0n) is 27.0. The molecule has 0 aromatic carbocycles. The Morgan fingerprint density at radius 1 is 0.571 bits per heavy atom. The molecule has 4 aliphatic heterocycles. The summed E-state index contributed by atoms with van der Waals surface area (Å²) in [6.45, 7) is 3.27. The first-order valence-corrected chi connectivity index (χ1v) is 15.7. The fourth-order valence-electron chi connectivity index (χ4n) is 6.13. The normalized spacial score (nSPS) is 49.3. The first-order valence-electron chi connectivity index (χ1n) is 15.7. The maximum absolute atomic E-state index is 11.8. The Morgan fingerprint density at radius 3 is 1.69 bits per heavy atom. The highest BCUT2D eigenvalue weighted by atomic mass is 16.8. The van der Waals surface area contributed by atoms with Gasteiger partial charge in [0.2, 0.25) is 5.91 Å². The first-order chi connectivity index (χ1) is 23.0. The molecule has 0 saturated carbocycles. The lowest BCUT2D eigenvalue weighted by Gasteiger charge is -2.49. The molecule has 0 bridgehead atoms. The van der Waals surface area contributed by atoms with Crippen molar-refractivity contribution in [2.24, 2.45) is 0 Å². The topological polar surface area (TPSA) is 322 Å². The number of esters is 1. The highest BCUT2D eigenvalue weighted by Gasteiger charge is 2.55. The van der Waals surface area contributed by atoms with Crippen LogP contribution < -0.4 is 5.32 Å². The van der Waals surface area contributed by atoms with Crippen LogP contribution in [0.2, 0.25) is 0 Å². The van der Waals surface area contributed by atoms with Crippen LogP contribution in [-0.4, -0.2) is 199 Å². The molecular formula is C28H47NO20. The molecule has 11 N–H and O–H groups in total. The summed E-state index contributed by atoms with van der Waals surface area (Å²) in [6, 6.07) is -1.44. The molecule has 0 radical (unpaired) electrons. The molecule has 4 aliphatic rings. The van der Waals surface area contributed by atoms with Gasteiger partial charge in [-0.05, 0) is 13.8 Å². The molecule has 0 unspecified atom stereocenters. The number of carbonyl (C=O) groups is 2. The van der Waals surface area contributed by atoms with Gasteiger partial charge in [0.1, 0.15) is 79.3 Å². The van der Waals surface area contributed by atoms with Gasteiger partial charge in [-0.1, -0.05) is 0 Å². The Balaban J connectivity index is 1.54. The predicted octanol–water partition coefficient (Wildman–Crippen LogP) is -6.98. The number of aliphatic hydroxyl groups excluding tert-OH is 10. The third kappa shape index (κ3) is 8.67. The van der Waals surface area contributed by atoms with Crippen LogP contribution in [0.4, 0.5) is 0 Å². The number of ether oxygens (including phenoxy) is 8. The Kier molecular flexibility index (Phi) is 13.7. The summed E-state index contributed by atoms with van der Waals surface area (Å²) in [5.74, 6) is -1.49. The summed E-state index contributed by atoms with van der Waals surface area (Å²) in [6.07, 6.45) is -30.9. The lowest BCUT2D eigenvalue weighted by atomic mass is 9.95. The summed E-state index contributed by atoms with van der Waals surface area (Å²) >= 11 is 0. The number of carbonyl (C=O) groups excluding carboxylic acids is 2. The second-order valence-electron chi connectivity index (χ2n) is 12.4. The summed E-state index contributed by atoms with van der Waals surface area (Å²) in [5.41, 5.74) is 0. The van der Waals surface area contributed by atoms with Crippen LogP contribution in [0.25, 0.3) is 0 Å². The maximum atomic E-state index is 11.8. The van der Waals surface area contributed by atoms with Crippen LogP contribution in [0.5, 0.6) is 0 Å². The first kappa shape index (κ1) is 40.0. The number of hydrogen-bond donors (Lipinski definition) is 11. The van der Waals surface area contributed by atoms with Gasteiger partial charge in [-0.3, -0.25) is 9.59 Å². The highest BCUT2D eigenvalue weighted by Crippen LogP contribution is 2.34. The summed E-state index contributed by atoms with van der Waals surface area (Å²) in [4.78, 5) is 23.4. The van der Waals surface area contributed by atoms with Crippen molar-refractivity contribution in [1.29, 1.82) is 0 Å². The molecule has 20 atom stereocenters. The van der Waals surface area contributed by atoms with Gasteiger partial charge in [0, 0.05) is 13.8 Å². The summed E-state index contributed by atoms with van der Waals surface area (Å²) < 4.78 is 44.4. The minimum absolute atomic E-state index is 0.660. The molecule has 284 valence electrons. The fourth-order valence-corrected chi connectivity index (χ4v) is 6.13. The number of rotatable bonds is 10. The second-order valence-corrected chi connectivity index (χ2v) is 12.4. The third-order valence-electron chi connectivity index (χ3n) is 8.81. The molecular weight excluding hydrogens is 670 g/mol. The van der Waals surface area contributed by atoms with Crippen LogP contribution >= 0.6 is 0 Å². The van der Waals surface area contributed by atoms with Crippen molar-refractivity contribution in [3.8, 4) is 0 Å². The van der Waals surface area contributed by atoms with Gasteiger partial charge in [0.05, 0.1) is 25.4 Å². The Morgan fingerprint density at radius 2 is 1.10 bits per heavy atom. The van der Waals surface area contributed by atoms with Crippen LogP contribution in [0.1, 0.15) is 27.7 Å². The average molecular weight is 718 g/mol. The van der Waals surface area contributed by atoms with Gasteiger partial charge in [0.15, 0.2) is 31.3 Å². The number of aliphatic hydroxyl groups is 10. The van der Waals surface area contributed by atoms with Crippen LogP contribution in [0.3, 0.4) is 0 Å². The van der Waals surface area contributed by atoms with Crippen molar-refractivity contribution < 1.29 is 98.5 Å². The maximum Gasteiger partial charge on any atom is 0.303 e. The molecule has 49 heavy (non-hydrogen) atoms. The van der Waals surface area contributed by atoms with E-state index in [2.05, 4.69) is 5.32 Å². The Hall–Kier alpha value is -1.74. The van der Waals surface area contributed by atoms with Crippen LogP contribution in [0.15, 0.2) is 0 Å². The van der Waals surface area contributed by atoms with Crippen molar-refractivity contribution in [1.82, 2.24) is 5.32 Å². The van der Waals surface area contributed by atoms with Crippen molar-refractivity contribution in [3.05, 3.63) is 0 Å². The molecule has 21 heteroatoms. The smallest absolute Gasteiger partial charge is 0.303 e. The minimum atomic E-state index is -2.00. The van der Waals surface area contributed by atoms with Gasteiger partial charge >= 0.3 is 5.97 Å². The van der Waals surface area contributed by atoms with E-state index in [0.29, 0.717) is 0 Å². The highest BCUT2D eigenvalue weighted by molar-refractivity contribution is 5.73. The molecule has 0 aliphatic carbocycles. The monoisotopic (exact) mass is 717 g/mol. The number of hydrogen-bond acceptors (Lipinski definition) is 20. The van der Waals surface area contributed by atoms with Gasteiger partial charge in [-0.2, -0.15) is 0 Å². The van der Waals surface area contributed by atoms with E-state index in [4.69, 9.17) is 37.9 Å². The van der Waals surface area contributed by atoms with Crippen molar-refractivity contribution >= 4 is 11.9 Å². The molecule has 0 aromatic rings. The van der Waals surface area contributed by atoms with E-state index in [1.165, 1.54) is 13.8 Å². The predicted molar refractivity (Wildman–Crippen MR) is 152 cm³/mol. The lowest BCUT2D eigenvalue weighted by Crippen LogP contribution is -2.68. The fraction of sp³-hybridized carbons (Fsp3) is 0.929. The number of amides is 1. The molecule has 4 saturated heterocycles. The molecule has 1 amide bonds. The van der Waals surface area contributed by atoms with Crippen LogP contribution in [0, 0.1) is 0 Å².